The minimum atomic E-state index is -0.479. The molecule has 0 unspecified atom stereocenters. The lowest BCUT2D eigenvalue weighted by atomic mass is 10.2. The molecule has 2 heterocycles. The SMILES string of the molecule is COc1nc2cc(-n3ccnc3)c([N+](=O)[O-])cc2nc1OC. The Bertz CT molecular complexity index is 847. The third-order valence-corrected chi connectivity index (χ3v) is 3.06. The van der Waals surface area contributed by atoms with Crippen molar-refractivity contribution >= 4 is 16.7 Å². The number of methoxy groups -OCH3 is 2. The molecule has 22 heavy (non-hydrogen) atoms. The maximum Gasteiger partial charge on any atom is 0.295 e. The summed E-state index contributed by atoms with van der Waals surface area (Å²) in [4.78, 5) is 23.2. The van der Waals surface area contributed by atoms with Crippen molar-refractivity contribution in [2.45, 2.75) is 0 Å². The molecule has 1 aromatic carbocycles. The topological polar surface area (TPSA) is 105 Å². The maximum atomic E-state index is 11.3. The molecule has 2 aromatic heterocycles. The van der Waals surface area contributed by atoms with Gasteiger partial charge in [0.05, 0.1) is 31.0 Å². The Kier molecular flexibility index (Phi) is 3.30. The van der Waals surface area contributed by atoms with Gasteiger partial charge in [0.1, 0.15) is 11.2 Å². The number of nitro groups is 1. The van der Waals surface area contributed by atoms with Crippen LogP contribution >= 0.6 is 0 Å². The van der Waals surface area contributed by atoms with Gasteiger partial charge < -0.3 is 14.0 Å². The molecule has 9 nitrogen and oxygen atoms in total. The van der Waals surface area contributed by atoms with Crippen LogP contribution in [-0.2, 0) is 0 Å². The minimum Gasteiger partial charge on any atom is -0.477 e. The molecular formula is C13H11N5O4. The molecule has 9 heteroatoms. The second-order valence-electron chi connectivity index (χ2n) is 4.30. The summed E-state index contributed by atoms with van der Waals surface area (Å²) in [5, 5.41) is 11.3. The highest BCUT2D eigenvalue weighted by atomic mass is 16.6. The van der Waals surface area contributed by atoms with E-state index < -0.39 is 4.92 Å². The quantitative estimate of drug-likeness (QED) is 0.533. The van der Waals surface area contributed by atoms with Crippen molar-refractivity contribution in [3.8, 4) is 17.4 Å². The predicted molar refractivity (Wildman–Crippen MR) is 76.4 cm³/mol. The Balaban J connectivity index is 2.31. The molecule has 0 amide bonds. The van der Waals surface area contributed by atoms with Gasteiger partial charge in [0.25, 0.3) is 17.4 Å². The van der Waals surface area contributed by atoms with Crippen LogP contribution in [0.25, 0.3) is 16.7 Å². The van der Waals surface area contributed by atoms with E-state index in [0.717, 1.165) is 0 Å². The molecular weight excluding hydrogens is 290 g/mol. The van der Waals surface area contributed by atoms with Crippen LogP contribution in [-0.4, -0.2) is 38.7 Å². The second-order valence-corrected chi connectivity index (χ2v) is 4.30. The first-order valence-electron chi connectivity index (χ1n) is 6.20. The van der Waals surface area contributed by atoms with E-state index in [2.05, 4.69) is 15.0 Å². The van der Waals surface area contributed by atoms with E-state index in [1.54, 1.807) is 12.3 Å². The van der Waals surface area contributed by atoms with E-state index in [-0.39, 0.29) is 17.4 Å². The summed E-state index contributed by atoms with van der Waals surface area (Å²) < 4.78 is 11.7. The van der Waals surface area contributed by atoms with E-state index in [1.807, 2.05) is 0 Å². The van der Waals surface area contributed by atoms with E-state index in [4.69, 9.17) is 9.47 Å². The Hall–Kier alpha value is -3.23. The highest BCUT2D eigenvalue weighted by Gasteiger charge is 2.20. The van der Waals surface area contributed by atoms with Gasteiger partial charge in [-0.3, -0.25) is 10.1 Å². The average Bonchev–Trinajstić information content (AvgIpc) is 3.06. The first-order valence-corrected chi connectivity index (χ1v) is 6.20. The molecule has 0 N–H and O–H groups in total. The average molecular weight is 301 g/mol. The summed E-state index contributed by atoms with van der Waals surface area (Å²) in [5.74, 6) is 0.375. The van der Waals surface area contributed by atoms with Crippen molar-refractivity contribution < 1.29 is 14.4 Å². The van der Waals surface area contributed by atoms with Crippen molar-refractivity contribution in [1.82, 2.24) is 19.5 Å². The molecule has 0 aliphatic carbocycles. The lowest BCUT2D eigenvalue weighted by Crippen LogP contribution is -2.02. The fourth-order valence-electron chi connectivity index (χ4n) is 2.07. The second kappa shape index (κ2) is 5.28. The van der Waals surface area contributed by atoms with E-state index in [1.165, 1.54) is 37.4 Å². The number of imidazole rings is 1. The van der Waals surface area contributed by atoms with Gasteiger partial charge in [0.2, 0.25) is 0 Å². The van der Waals surface area contributed by atoms with Gasteiger partial charge in [-0.05, 0) is 6.07 Å². The van der Waals surface area contributed by atoms with Crippen LogP contribution in [0.3, 0.4) is 0 Å². The van der Waals surface area contributed by atoms with E-state index >= 15 is 0 Å². The van der Waals surface area contributed by atoms with Crippen molar-refractivity contribution in [2.75, 3.05) is 14.2 Å². The molecule has 0 saturated carbocycles. The molecule has 0 aliphatic rings. The van der Waals surface area contributed by atoms with Crippen molar-refractivity contribution in [3.05, 3.63) is 41.0 Å². The Morgan fingerprint density at radius 1 is 1.14 bits per heavy atom. The number of hydrogen-bond donors (Lipinski definition) is 0. The van der Waals surface area contributed by atoms with Gasteiger partial charge in [0.15, 0.2) is 0 Å². The number of rotatable bonds is 4. The lowest BCUT2D eigenvalue weighted by Gasteiger charge is -2.09. The smallest absolute Gasteiger partial charge is 0.295 e. The van der Waals surface area contributed by atoms with Crippen LogP contribution < -0.4 is 9.47 Å². The molecule has 0 saturated heterocycles. The fourth-order valence-corrected chi connectivity index (χ4v) is 2.07. The van der Waals surface area contributed by atoms with Crippen LogP contribution in [0.4, 0.5) is 5.69 Å². The van der Waals surface area contributed by atoms with E-state index in [0.29, 0.717) is 16.7 Å². The number of ether oxygens (including phenoxy) is 2. The van der Waals surface area contributed by atoms with Gasteiger partial charge in [-0.15, -0.1) is 0 Å². The zero-order valence-corrected chi connectivity index (χ0v) is 11.8. The highest BCUT2D eigenvalue weighted by molar-refractivity contribution is 5.82. The Morgan fingerprint density at radius 2 is 1.77 bits per heavy atom. The van der Waals surface area contributed by atoms with Gasteiger partial charge in [0, 0.05) is 18.5 Å². The third-order valence-electron chi connectivity index (χ3n) is 3.06. The summed E-state index contributed by atoms with van der Waals surface area (Å²) in [6.45, 7) is 0. The molecule has 0 fully saturated rings. The Labute approximate surface area is 124 Å². The van der Waals surface area contributed by atoms with Crippen LogP contribution in [0.1, 0.15) is 0 Å². The first-order chi connectivity index (χ1) is 10.6. The number of hydrogen-bond acceptors (Lipinski definition) is 7. The van der Waals surface area contributed by atoms with E-state index in [9.17, 15) is 10.1 Å². The number of nitro benzene ring substituents is 1. The largest absolute Gasteiger partial charge is 0.477 e. The summed E-state index contributed by atoms with van der Waals surface area (Å²) in [6, 6.07) is 2.91. The van der Waals surface area contributed by atoms with Gasteiger partial charge in [-0.25, -0.2) is 15.0 Å². The van der Waals surface area contributed by atoms with Gasteiger partial charge >= 0.3 is 0 Å². The number of aromatic nitrogens is 4. The van der Waals surface area contributed by atoms with Crippen LogP contribution in [0, 0.1) is 10.1 Å². The summed E-state index contributed by atoms with van der Waals surface area (Å²) >= 11 is 0. The van der Waals surface area contributed by atoms with Gasteiger partial charge in [-0.2, -0.15) is 0 Å². The van der Waals surface area contributed by atoms with Crippen LogP contribution in [0.15, 0.2) is 30.9 Å². The molecule has 0 radical (unpaired) electrons. The molecule has 0 bridgehead atoms. The van der Waals surface area contributed by atoms with Crippen LogP contribution in [0.2, 0.25) is 0 Å². The normalized spacial score (nSPS) is 10.6. The van der Waals surface area contributed by atoms with Crippen molar-refractivity contribution in [1.29, 1.82) is 0 Å². The zero-order chi connectivity index (χ0) is 15.7. The number of benzene rings is 1. The maximum absolute atomic E-state index is 11.3. The van der Waals surface area contributed by atoms with Crippen molar-refractivity contribution in [3.63, 3.8) is 0 Å². The molecule has 112 valence electrons. The standard InChI is InChI=1S/C13H11N5O4/c1-21-12-13(22-2)16-9-6-11(18(19)20)10(5-8(9)15-12)17-4-3-14-7-17/h3-7H,1-2H3. The predicted octanol–water partition coefficient (Wildman–Crippen LogP) is 1.74. The van der Waals surface area contributed by atoms with Crippen molar-refractivity contribution in [2.24, 2.45) is 0 Å². The van der Waals surface area contributed by atoms with Gasteiger partial charge in [-0.1, -0.05) is 0 Å². The molecule has 3 aromatic rings. The minimum absolute atomic E-state index is 0.105. The molecule has 0 atom stereocenters. The highest BCUT2D eigenvalue weighted by Crippen LogP contribution is 2.31. The fraction of sp³-hybridized carbons (Fsp3) is 0.154. The number of nitrogens with zero attached hydrogens (tertiary/aromatic N) is 5. The molecule has 3 rings (SSSR count). The summed E-state index contributed by atoms with van der Waals surface area (Å²) in [7, 11) is 2.87. The first kappa shape index (κ1) is 13.7. The molecule has 0 aliphatic heterocycles. The monoisotopic (exact) mass is 301 g/mol. The number of fused-ring (bicyclic) bond motifs is 1. The Morgan fingerprint density at radius 3 is 2.27 bits per heavy atom. The third kappa shape index (κ3) is 2.18. The van der Waals surface area contributed by atoms with Crippen LogP contribution in [0.5, 0.6) is 11.8 Å². The zero-order valence-electron chi connectivity index (χ0n) is 11.8. The lowest BCUT2D eigenvalue weighted by molar-refractivity contribution is -0.384. The molecule has 0 spiro atoms. The summed E-state index contributed by atoms with van der Waals surface area (Å²) in [5.41, 5.74) is 1.03. The summed E-state index contributed by atoms with van der Waals surface area (Å²) in [6.07, 6.45) is 4.62.